The van der Waals surface area contributed by atoms with Crippen LogP contribution in [0.3, 0.4) is 0 Å². The van der Waals surface area contributed by atoms with E-state index in [4.69, 9.17) is 4.74 Å². The summed E-state index contributed by atoms with van der Waals surface area (Å²) < 4.78 is 6.02. The second-order valence-electron chi connectivity index (χ2n) is 7.70. The molecule has 0 saturated carbocycles. The summed E-state index contributed by atoms with van der Waals surface area (Å²) in [5, 5.41) is 11.2. The molecule has 0 aliphatic carbocycles. The normalized spacial score (nSPS) is 17.1. The summed E-state index contributed by atoms with van der Waals surface area (Å²) in [7, 11) is 1.70. The van der Waals surface area contributed by atoms with Crippen LogP contribution in [-0.2, 0) is 6.42 Å². The fraction of sp³-hybridized carbons (Fsp3) is 0.478. The number of carbonyl (C=O) groups is 1. The van der Waals surface area contributed by atoms with Crippen LogP contribution in [0.2, 0.25) is 0 Å². The molecule has 1 saturated heterocycles. The maximum absolute atomic E-state index is 12.8. The Kier molecular flexibility index (Phi) is 7.47. The zero-order valence-electron chi connectivity index (χ0n) is 17.4. The number of ether oxygens (including phenoxy) is 1. The number of amides is 1. The minimum Gasteiger partial charge on any atom is -0.619 e. The third kappa shape index (κ3) is 5.94. The number of carbonyl (C=O) groups excluding carboxylic acids is 1. The number of hydrogen-bond donors (Lipinski definition) is 0. The van der Waals surface area contributed by atoms with Gasteiger partial charge in [0.25, 0.3) is 5.91 Å². The summed E-state index contributed by atoms with van der Waals surface area (Å²) in [6, 6.07) is 11.5. The third-order valence-electron chi connectivity index (χ3n) is 5.65. The average Bonchev–Trinajstić information content (AvgIpc) is 2.76. The van der Waals surface area contributed by atoms with Crippen molar-refractivity contribution in [3.05, 3.63) is 65.1 Å². The number of hydrogen-bond acceptors (Lipinski definition) is 4. The number of rotatable bonds is 8. The van der Waals surface area contributed by atoms with E-state index < -0.39 is 0 Å². The molecule has 1 aromatic carbocycles. The van der Waals surface area contributed by atoms with E-state index in [2.05, 4.69) is 17.0 Å². The van der Waals surface area contributed by atoms with Gasteiger partial charge in [-0.2, -0.15) is 4.73 Å². The standard InChI is InChI=1S/C23H31N3O3/c1-3-25(23(27)21-10-14-26(28)15-11-21)18-20-7-5-12-24(17-20)13-9-19-6-4-8-22(16-19)29-2/h4,6,8,10-11,14-16,20H,3,5,7,9,12-13,17-18H2,1-2H3. The number of benzene rings is 1. The SMILES string of the molecule is CCN(CC1CCCN(CCc2cccc(OC)c2)C1)C(=O)c1cc[n+]([O-])cc1. The zero-order valence-corrected chi connectivity index (χ0v) is 17.4. The molecule has 6 heteroatoms. The Bertz CT molecular complexity index is 794. The van der Waals surface area contributed by atoms with E-state index in [0.29, 0.717) is 22.8 Å². The molecule has 3 rings (SSSR count). The Morgan fingerprint density at radius 1 is 1.31 bits per heavy atom. The molecule has 0 bridgehead atoms. The minimum atomic E-state index is 0.00149. The van der Waals surface area contributed by atoms with Crippen molar-refractivity contribution < 1.29 is 14.3 Å². The number of likely N-dealkylation sites (tertiary alicyclic amines) is 1. The van der Waals surface area contributed by atoms with E-state index in [1.165, 1.54) is 18.0 Å². The van der Waals surface area contributed by atoms with Crippen molar-refractivity contribution in [2.45, 2.75) is 26.2 Å². The average molecular weight is 398 g/mol. The summed E-state index contributed by atoms with van der Waals surface area (Å²) in [6.07, 6.45) is 6.06. The van der Waals surface area contributed by atoms with Gasteiger partial charge in [-0.25, -0.2) is 0 Å². The largest absolute Gasteiger partial charge is 0.619 e. The lowest BCUT2D eigenvalue weighted by Gasteiger charge is -2.35. The second-order valence-corrected chi connectivity index (χ2v) is 7.70. The highest BCUT2D eigenvalue weighted by Crippen LogP contribution is 2.20. The molecule has 1 aliphatic rings. The fourth-order valence-electron chi connectivity index (χ4n) is 4.02. The second kappa shape index (κ2) is 10.3. The van der Waals surface area contributed by atoms with E-state index in [-0.39, 0.29) is 5.91 Å². The zero-order chi connectivity index (χ0) is 20.6. The molecule has 0 N–H and O–H groups in total. The summed E-state index contributed by atoms with van der Waals surface area (Å²) in [6.45, 7) is 6.60. The van der Waals surface area contributed by atoms with Crippen LogP contribution in [-0.4, -0.2) is 55.5 Å². The van der Waals surface area contributed by atoms with Crippen LogP contribution in [0.1, 0.15) is 35.7 Å². The van der Waals surface area contributed by atoms with Gasteiger partial charge in [0.1, 0.15) is 5.75 Å². The monoisotopic (exact) mass is 397 g/mol. The molecule has 29 heavy (non-hydrogen) atoms. The van der Waals surface area contributed by atoms with Crippen molar-refractivity contribution in [1.29, 1.82) is 0 Å². The molecular weight excluding hydrogens is 366 g/mol. The summed E-state index contributed by atoms with van der Waals surface area (Å²) in [5.74, 6) is 1.38. The molecule has 0 spiro atoms. The van der Waals surface area contributed by atoms with E-state index in [0.717, 1.165) is 51.2 Å². The summed E-state index contributed by atoms with van der Waals surface area (Å²) >= 11 is 0. The highest BCUT2D eigenvalue weighted by Gasteiger charge is 2.24. The molecule has 2 heterocycles. The smallest absolute Gasteiger partial charge is 0.254 e. The molecule has 1 atom stereocenters. The lowest BCUT2D eigenvalue weighted by Crippen LogP contribution is -2.43. The Morgan fingerprint density at radius 3 is 2.83 bits per heavy atom. The first-order valence-electron chi connectivity index (χ1n) is 10.4. The minimum absolute atomic E-state index is 0.00149. The first-order valence-corrected chi connectivity index (χ1v) is 10.4. The van der Waals surface area contributed by atoms with Gasteiger partial charge >= 0.3 is 0 Å². The van der Waals surface area contributed by atoms with Gasteiger partial charge in [-0.3, -0.25) is 4.79 Å². The molecule has 1 amide bonds. The van der Waals surface area contributed by atoms with E-state index in [9.17, 15) is 10.0 Å². The Labute approximate surface area is 173 Å². The first-order chi connectivity index (χ1) is 14.1. The van der Waals surface area contributed by atoms with Crippen molar-refractivity contribution in [3.8, 4) is 5.75 Å². The van der Waals surface area contributed by atoms with Crippen LogP contribution >= 0.6 is 0 Å². The lowest BCUT2D eigenvalue weighted by molar-refractivity contribution is -0.605. The van der Waals surface area contributed by atoms with E-state index >= 15 is 0 Å². The van der Waals surface area contributed by atoms with Crippen molar-refractivity contribution in [1.82, 2.24) is 9.80 Å². The first kappa shape index (κ1) is 21.1. The summed E-state index contributed by atoms with van der Waals surface area (Å²) in [4.78, 5) is 17.2. The molecule has 2 aromatic rings. The molecule has 1 unspecified atom stereocenters. The highest BCUT2D eigenvalue weighted by molar-refractivity contribution is 5.93. The molecule has 1 aliphatic heterocycles. The van der Waals surface area contributed by atoms with Gasteiger partial charge in [-0.05, 0) is 56.3 Å². The molecule has 156 valence electrons. The van der Waals surface area contributed by atoms with E-state index in [1.807, 2.05) is 24.0 Å². The van der Waals surface area contributed by atoms with Crippen molar-refractivity contribution in [3.63, 3.8) is 0 Å². The fourth-order valence-corrected chi connectivity index (χ4v) is 4.02. The van der Waals surface area contributed by atoms with Crippen molar-refractivity contribution >= 4 is 5.91 Å². The maximum atomic E-state index is 12.8. The number of nitrogens with zero attached hydrogens (tertiary/aromatic N) is 3. The number of methoxy groups -OCH3 is 1. The van der Waals surface area contributed by atoms with Gasteiger partial charge in [-0.1, -0.05) is 12.1 Å². The van der Waals surface area contributed by atoms with Gasteiger partial charge < -0.3 is 19.7 Å². The predicted octanol–water partition coefficient (Wildman–Crippen LogP) is 2.75. The number of piperidine rings is 1. The third-order valence-corrected chi connectivity index (χ3v) is 5.65. The predicted molar refractivity (Wildman–Crippen MR) is 113 cm³/mol. The van der Waals surface area contributed by atoms with Crippen molar-refractivity contribution in [2.24, 2.45) is 5.92 Å². The van der Waals surface area contributed by atoms with Gasteiger partial charge in [0.15, 0.2) is 12.4 Å². The number of pyridine rings is 1. The van der Waals surface area contributed by atoms with E-state index in [1.54, 1.807) is 19.2 Å². The topological polar surface area (TPSA) is 59.7 Å². The van der Waals surface area contributed by atoms with Crippen LogP contribution in [0.15, 0.2) is 48.8 Å². The van der Waals surface area contributed by atoms with Crippen LogP contribution in [0.4, 0.5) is 0 Å². The van der Waals surface area contributed by atoms with Crippen LogP contribution in [0, 0.1) is 11.1 Å². The van der Waals surface area contributed by atoms with Crippen LogP contribution < -0.4 is 9.47 Å². The van der Waals surface area contributed by atoms with Gasteiger partial charge in [0.05, 0.1) is 12.7 Å². The maximum Gasteiger partial charge on any atom is 0.254 e. The molecule has 1 aromatic heterocycles. The lowest BCUT2D eigenvalue weighted by atomic mass is 9.96. The molecule has 1 fully saturated rings. The molecule has 6 nitrogen and oxygen atoms in total. The molecule has 0 radical (unpaired) electrons. The Balaban J connectivity index is 1.53. The van der Waals surface area contributed by atoms with Crippen molar-refractivity contribution in [2.75, 3.05) is 39.8 Å². The van der Waals surface area contributed by atoms with Crippen LogP contribution in [0.5, 0.6) is 5.75 Å². The van der Waals surface area contributed by atoms with Gasteiger partial charge in [0, 0.05) is 38.3 Å². The highest BCUT2D eigenvalue weighted by atomic mass is 16.5. The Morgan fingerprint density at radius 2 is 2.10 bits per heavy atom. The van der Waals surface area contributed by atoms with Gasteiger partial charge in [-0.15, -0.1) is 0 Å². The molecular formula is C23H31N3O3. The number of aromatic nitrogens is 1. The van der Waals surface area contributed by atoms with Crippen LogP contribution in [0.25, 0.3) is 0 Å². The quantitative estimate of drug-likeness (QED) is 0.508. The Hall–Kier alpha value is -2.60. The summed E-state index contributed by atoms with van der Waals surface area (Å²) in [5.41, 5.74) is 1.86. The van der Waals surface area contributed by atoms with Gasteiger partial charge in [0.2, 0.25) is 0 Å².